The van der Waals surface area contributed by atoms with E-state index in [2.05, 4.69) is 25.9 Å². The third kappa shape index (κ3) is 6.31. The van der Waals surface area contributed by atoms with Gasteiger partial charge in [-0.15, -0.1) is 0 Å². The van der Waals surface area contributed by atoms with Gasteiger partial charge in [-0.25, -0.2) is 0 Å². The Labute approximate surface area is 206 Å². The molecule has 0 radical (unpaired) electrons. The molecule has 8 nitrogen and oxygen atoms in total. The first-order valence-electron chi connectivity index (χ1n) is 13.3. The number of hydroxylamine groups is 2. The molecule has 3 fully saturated rings. The molecule has 3 aliphatic rings. The van der Waals surface area contributed by atoms with Crippen molar-refractivity contribution in [3.05, 3.63) is 0 Å². The Bertz CT molecular complexity index is 690. The Hall–Kier alpha value is -1.22. The summed E-state index contributed by atoms with van der Waals surface area (Å²) in [5.74, 6) is 1.88. The van der Waals surface area contributed by atoms with Gasteiger partial charge >= 0.3 is 0 Å². The lowest BCUT2D eigenvalue weighted by atomic mass is 9.65. The third-order valence-corrected chi connectivity index (χ3v) is 8.93. The SMILES string of the molecule is CCC1CON(CC2CCCC(C3CC(CN(C)C(C)=O)CC(N(C)C)C3)C2OC)[C@@H]1C(N)=O. The number of nitrogens with zero attached hydrogens (tertiary/aromatic N) is 3. The minimum atomic E-state index is -0.345. The zero-order valence-electron chi connectivity index (χ0n) is 22.2. The first-order chi connectivity index (χ1) is 16.2. The van der Waals surface area contributed by atoms with Gasteiger partial charge in [-0.05, 0) is 70.4 Å². The zero-order chi connectivity index (χ0) is 25.0. The number of nitrogens with two attached hydrogens (primary N) is 1. The van der Waals surface area contributed by atoms with Crippen LogP contribution in [-0.2, 0) is 19.2 Å². The summed E-state index contributed by atoms with van der Waals surface area (Å²) in [5.41, 5.74) is 5.77. The third-order valence-electron chi connectivity index (χ3n) is 8.93. The summed E-state index contributed by atoms with van der Waals surface area (Å²) in [7, 11) is 8.11. The highest BCUT2D eigenvalue weighted by Gasteiger charge is 2.45. The monoisotopic (exact) mass is 480 g/mol. The number of hydrogen-bond donors (Lipinski definition) is 1. The lowest BCUT2D eigenvalue weighted by molar-refractivity contribution is -0.167. The molecule has 196 valence electrons. The maximum Gasteiger partial charge on any atom is 0.237 e. The molecule has 0 spiro atoms. The second-order valence-electron chi connectivity index (χ2n) is 11.3. The van der Waals surface area contributed by atoms with E-state index in [4.69, 9.17) is 15.3 Å². The summed E-state index contributed by atoms with van der Waals surface area (Å²) in [4.78, 5) is 34.3. The number of methoxy groups -OCH3 is 1. The fourth-order valence-electron chi connectivity index (χ4n) is 6.96. The summed E-state index contributed by atoms with van der Waals surface area (Å²) in [6.07, 6.45) is 7.90. The summed E-state index contributed by atoms with van der Waals surface area (Å²) >= 11 is 0. The van der Waals surface area contributed by atoms with Gasteiger partial charge in [0.15, 0.2) is 0 Å². The first kappa shape index (κ1) is 27.4. The smallest absolute Gasteiger partial charge is 0.237 e. The van der Waals surface area contributed by atoms with E-state index in [0.29, 0.717) is 42.9 Å². The lowest BCUT2D eigenvalue weighted by Gasteiger charge is -2.47. The fraction of sp³-hybridized carbons (Fsp3) is 0.923. The van der Waals surface area contributed by atoms with Gasteiger partial charge in [-0.2, -0.15) is 5.06 Å². The topological polar surface area (TPSA) is 88.3 Å². The van der Waals surface area contributed by atoms with E-state index < -0.39 is 0 Å². The van der Waals surface area contributed by atoms with Crippen molar-refractivity contribution in [3.8, 4) is 0 Å². The van der Waals surface area contributed by atoms with Crippen LogP contribution in [0.2, 0.25) is 0 Å². The summed E-state index contributed by atoms with van der Waals surface area (Å²) in [5, 5.41) is 1.86. The number of amides is 2. The summed E-state index contributed by atoms with van der Waals surface area (Å²) in [6, 6.07) is 0.177. The van der Waals surface area contributed by atoms with Gasteiger partial charge in [-0.1, -0.05) is 13.3 Å². The van der Waals surface area contributed by atoms with Crippen LogP contribution in [0.4, 0.5) is 0 Å². The van der Waals surface area contributed by atoms with Crippen LogP contribution in [0.1, 0.15) is 58.8 Å². The quantitative estimate of drug-likeness (QED) is 0.545. The molecular formula is C26H48N4O4. The number of rotatable bonds is 9. The van der Waals surface area contributed by atoms with Gasteiger partial charge in [-0.3, -0.25) is 14.4 Å². The molecular weight excluding hydrogens is 432 g/mol. The van der Waals surface area contributed by atoms with Crippen LogP contribution in [-0.4, -0.2) is 92.8 Å². The molecule has 8 atom stereocenters. The van der Waals surface area contributed by atoms with Crippen LogP contribution in [0, 0.1) is 29.6 Å². The predicted molar refractivity (Wildman–Crippen MR) is 133 cm³/mol. The molecule has 2 amide bonds. The van der Waals surface area contributed by atoms with E-state index in [9.17, 15) is 9.59 Å². The van der Waals surface area contributed by atoms with Gasteiger partial charge in [0.25, 0.3) is 0 Å². The Kier molecular flexibility index (Phi) is 9.78. The summed E-state index contributed by atoms with van der Waals surface area (Å²) < 4.78 is 6.20. The van der Waals surface area contributed by atoms with Crippen LogP contribution < -0.4 is 5.73 Å². The van der Waals surface area contributed by atoms with E-state index in [1.807, 2.05) is 24.1 Å². The van der Waals surface area contributed by atoms with E-state index in [0.717, 1.165) is 32.2 Å². The highest BCUT2D eigenvalue weighted by molar-refractivity contribution is 5.80. The van der Waals surface area contributed by atoms with Gasteiger partial charge in [0.1, 0.15) is 6.04 Å². The molecule has 2 N–H and O–H groups in total. The molecule has 2 saturated carbocycles. The van der Waals surface area contributed by atoms with E-state index in [1.165, 1.54) is 19.3 Å². The number of ether oxygens (including phenoxy) is 1. The Morgan fingerprint density at radius 3 is 2.44 bits per heavy atom. The van der Waals surface area contributed by atoms with Crippen LogP contribution in [0.5, 0.6) is 0 Å². The maximum atomic E-state index is 12.2. The molecule has 1 aliphatic heterocycles. The molecule has 0 bridgehead atoms. The highest BCUT2D eigenvalue weighted by atomic mass is 16.7. The molecule has 3 rings (SSSR count). The second-order valence-corrected chi connectivity index (χ2v) is 11.3. The Morgan fingerprint density at radius 2 is 1.85 bits per heavy atom. The van der Waals surface area contributed by atoms with E-state index >= 15 is 0 Å². The van der Waals surface area contributed by atoms with Crippen molar-refractivity contribution in [2.75, 3.05) is 47.9 Å². The van der Waals surface area contributed by atoms with E-state index in [-0.39, 0.29) is 29.9 Å². The van der Waals surface area contributed by atoms with Crippen LogP contribution in [0.15, 0.2) is 0 Å². The molecule has 34 heavy (non-hydrogen) atoms. The Morgan fingerprint density at radius 1 is 1.12 bits per heavy atom. The molecule has 0 aromatic rings. The average molecular weight is 481 g/mol. The number of primary amides is 1. The minimum Gasteiger partial charge on any atom is -0.381 e. The first-order valence-corrected chi connectivity index (χ1v) is 13.3. The summed E-state index contributed by atoms with van der Waals surface area (Å²) in [6.45, 7) is 5.83. The van der Waals surface area contributed by atoms with Crippen molar-refractivity contribution in [2.45, 2.75) is 77.0 Å². The van der Waals surface area contributed by atoms with Gasteiger partial charge in [0.2, 0.25) is 11.8 Å². The predicted octanol–water partition coefficient (Wildman–Crippen LogP) is 2.37. The standard InChI is InChI=1S/C26H48N4O4/c1-7-19-16-34-30(24(19)26(27)32)15-20-9-8-10-23(25(20)33-6)21-11-18(14-29(5)17(2)31)12-22(13-21)28(3)4/h18-25H,7-16H2,1-6H3,(H2,27,32)/t18?,19?,20?,21?,22?,23?,24-,25?/m0/s1. The van der Waals surface area contributed by atoms with Crippen molar-refractivity contribution in [3.63, 3.8) is 0 Å². The Balaban J connectivity index is 1.73. The number of carbonyl (C=O) groups excluding carboxylic acids is 2. The zero-order valence-corrected chi connectivity index (χ0v) is 22.2. The molecule has 2 aliphatic carbocycles. The fourth-order valence-corrected chi connectivity index (χ4v) is 6.96. The van der Waals surface area contributed by atoms with Gasteiger partial charge in [0.05, 0.1) is 12.7 Å². The van der Waals surface area contributed by atoms with Gasteiger partial charge < -0.3 is 20.3 Å². The molecule has 0 aromatic carbocycles. The normalized spacial score (nSPS) is 37.1. The van der Waals surface area contributed by atoms with Crippen LogP contribution in [0.3, 0.4) is 0 Å². The molecule has 8 heteroatoms. The van der Waals surface area contributed by atoms with Crippen molar-refractivity contribution in [2.24, 2.45) is 35.3 Å². The minimum absolute atomic E-state index is 0.135. The number of hydrogen-bond acceptors (Lipinski definition) is 6. The van der Waals surface area contributed by atoms with Crippen molar-refractivity contribution < 1.29 is 19.2 Å². The average Bonchev–Trinajstić information content (AvgIpc) is 3.21. The highest BCUT2D eigenvalue weighted by Crippen LogP contribution is 2.44. The molecule has 1 heterocycles. The van der Waals surface area contributed by atoms with Crippen molar-refractivity contribution >= 4 is 11.8 Å². The molecule has 1 saturated heterocycles. The van der Waals surface area contributed by atoms with Crippen LogP contribution >= 0.6 is 0 Å². The number of carbonyl (C=O) groups is 2. The van der Waals surface area contributed by atoms with Crippen molar-refractivity contribution in [1.82, 2.24) is 14.9 Å². The maximum absolute atomic E-state index is 12.2. The lowest BCUT2D eigenvalue weighted by Crippen LogP contribution is -2.50. The van der Waals surface area contributed by atoms with E-state index in [1.54, 1.807) is 6.92 Å². The van der Waals surface area contributed by atoms with Gasteiger partial charge in [0, 0.05) is 52.0 Å². The molecule has 0 aromatic heterocycles. The van der Waals surface area contributed by atoms with Crippen molar-refractivity contribution in [1.29, 1.82) is 0 Å². The largest absolute Gasteiger partial charge is 0.381 e. The molecule has 7 unspecified atom stereocenters. The van der Waals surface area contributed by atoms with Crippen LogP contribution in [0.25, 0.3) is 0 Å². The second kappa shape index (κ2) is 12.2.